The minimum Gasteiger partial charge on any atom is -0.368 e. The second-order valence-corrected chi connectivity index (χ2v) is 5.92. The molecule has 1 fully saturated rings. The summed E-state index contributed by atoms with van der Waals surface area (Å²) in [7, 11) is 0. The molecule has 0 saturated carbocycles. The highest BCUT2D eigenvalue weighted by Gasteiger charge is 2.23. The molecule has 2 aromatic rings. The van der Waals surface area contributed by atoms with E-state index in [1.807, 2.05) is 12.1 Å². The normalized spacial score (nSPS) is 18.7. The molecule has 3 rings (SSSR count). The van der Waals surface area contributed by atoms with Crippen LogP contribution in [0.3, 0.4) is 0 Å². The highest BCUT2D eigenvalue weighted by molar-refractivity contribution is 5.98. The number of fused-ring (bicyclic) bond motifs is 1. The molecule has 0 spiro atoms. The van der Waals surface area contributed by atoms with Gasteiger partial charge in [0.1, 0.15) is 0 Å². The standard InChI is InChI=1S/C19H22N2/c1-2-7-16-8-5-6-13-21(16)19-12-11-15(14-20)17-9-3-4-10-18(17)19/h3-4,9-12,16H,2,5-8,13H2,1H3. The Bertz CT molecular complexity index is 667. The van der Waals surface area contributed by atoms with Crippen LogP contribution < -0.4 is 4.90 Å². The van der Waals surface area contributed by atoms with Gasteiger partial charge in [-0.15, -0.1) is 0 Å². The van der Waals surface area contributed by atoms with Crippen LogP contribution in [-0.4, -0.2) is 12.6 Å². The first kappa shape index (κ1) is 13.9. The molecule has 1 heterocycles. The van der Waals surface area contributed by atoms with Gasteiger partial charge in [-0.1, -0.05) is 37.6 Å². The lowest BCUT2D eigenvalue weighted by Gasteiger charge is -2.38. The molecule has 0 aliphatic carbocycles. The minimum absolute atomic E-state index is 0.653. The molecule has 1 aliphatic rings. The first-order chi connectivity index (χ1) is 10.3. The minimum atomic E-state index is 0.653. The van der Waals surface area contributed by atoms with Gasteiger partial charge in [0.2, 0.25) is 0 Å². The van der Waals surface area contributed by atoms with Gasteiger partial charge in [-0.2, -0.15) is 5.26 Å². The molecule has 0 radical (unpaired) electrons. The van der Waals surface area contributed by atoms with E-state index >= 15 is 0 Å². The summed E-state index contributed by atoms with van der Waals surface area (Å²) >= 11 is 0. The topological polar surface area (TPSA) is 27.0 Å². The van der Waals surface area contributed by atoms with Crippen LogP contribution in [0.4, 0.5) is 5.69 Å². The molecule has 2 aromatic carbocycles. The molecular weight excluding hydrogens is 256 g/mol. The number of piperidine rings is 1. The summed E-state index contributed by atoms with van der Waals surface area (Å²) in [6.07, 6.45) is 6.40. The Morgan fingerprint density at radius 3 is 2.71 bits per heavy atom. The van der Waals surface area contributed by atoms with Crippen molar-refractivity contribution in [2.24, 2.45) is 0 Å². The molecule has 108 valence electrons. The number of hydrogen-bond acceptors (Lipinski definition) is 2. The lowest BCUT2D eigenvalue weighted by Crippen LogP contribution is -2.39. The second-order valence-electron chi connectivity index (χ2n) is 5.92. The third-order valence-electron chi connectivity index (χ3n) is 4.58. The fraction of sp³-hybridized carbons (Fsp3) is 0.421. The average molecular weight is 278 g/mol. The highest BCUT2D eigenvalue weighted by atomic mass is 15.2. The van der Waals surface area contributed by atoms with Crippen LogP contribution in [-0.2, 0) is 0 Å². The lowest BCUT2D eigenvalue weighted by atomic mass is 9.95. The van der Waals surface area contributed by atoms with Crippen LogP contribution in [0.5, 0.6) is 0 Å². The van der Waals surface area contributed by atoms with E-state index in [-0.39, 0.29) is 0 Å². The van der Waals surface area contributed by atoms with Crippen molar-refractivity contribution >= 4 is 16.5 Å². The van der Waals surface area contributed by atoms with Gasteiger partial charge in [-0.25, -0.2) is 0 Å². The summed E-state index contributed by atoms with van der Waals surface area (Å²) in [6, 6.07) is 15.4. The maximum absolute atomic E-state index is 9.31. The van der Waals surface area contributed by atoms with Crippen LogP contribution in [0, 0.1) is 11.3 Å². The van der Waals surface area contributed by atoms with Gasteiger partial charge >= 0.3 is 0 Å². The quantitative estimate of drug-likeness (QED) is 0.800. The van der Waals surface area contributed by atoms with E-state index in [4.69, 9.17) is 0 Å². The van der Waals surface area contributed by atoms with Crippen LogP contribution in [0.15, 0.2) is 36.4 Å². The molecule has 0 aromatic heterocycles. The van der Waals surface area contributed by atoms with E-state index in [0.717, 1.165) is 17.5 Å². The third kappa shape index (κ3) is 2.61. The Labute approximate surface area is 127 Å². The fourth-order valence-electron chi connectivity index (χ4n) is 3.58. The Kier molecular flexibility index (Phi) is 4.10. The van der Waals surface area contributed by atoms with Crippen molar-refractivity contribution in [2.75, 3.05) is 11.4 Å². The van der Waals surface area contributed by atoms with E-state index in [0.29, 0.717) is 6.04 Å². The number of hydrogen-bond donors (Lipinski definition) is 0. The summed E-state index contributed by atoms with van der Waals surface area (Å²) in [6.45, 7) is 3.41. The maximum Gasteiger partial charge on any atom is 0.0998 e. The molecule has 21 heavy (non-hydrogen) atoms. The van der Waals surface area contributed by atoms with Crippen molar-refractivity contribution in [2.45, 2.75) is 45.1 Å². The van der Waals surface area contributed by atoms with Crippen LogP contribution in [0.25, 0.3) is 10.8 Å². The van der Waals surface area contributed by atoms with E-state index in [2.05, 4.69) is 42.2 Å². The first-order valence-corrected chi connectivity index (χ1v) is 8.03. The fourth-order valence-corrected chi connectivity index (χ4v) is 3.58. The van der Waals surface area contributed by atoms with Gasteiger partial charge in [0, 0.05) is 29.0 Å². The zero-order valence-corrected chi connectivity index (χ0v) is 12.7. The Morgan fingerprint density at radius 1 is 1.14 bits per heavy atom. The predicted octanol–water partition coefficient (Wildman–Crippen LogP) is 4.87. The van der Waals surface area contributed by atoms with E-state index < -0.39 is 0 Å². The van der Waals surface area contributed by atoms with Crippen molar-refractivity contribution in [3.8, 4) is 6.07 Å². The van der Waals surface area contributed by atoms with Crippen LogP contribution in [0.2, 0.25) is 0 Å². The van der Waals surface area contributed by atoms with Crippen molar-refractivity contribution in [1.82, 2.24) is 0 Å². The summed E-state index contributed by atoms with van der Waals surface area (Å²) in [5.74, 6) is 0. The average Bonchev–Trinajstić information content (AvgIpc) is 2.55. The molecule has 0 bridgehead atoms. The van der Waals surface area contributed by atoms with Gasteiger partial charge in [-0.05, 0) is 37.8 Å². The molecule has 1 atom stereocenters. The highest BCUT2D eigenvalue weighted by Crippen LogP contribution is 2.34. The van der Waals surface area contributed by atoms with Crippen molar-refractivity contribution in [1.29, 1.82) is 5.26 Å². The molecule has 2 heteroatoms. The molecule has 0 amide bonds. The van der Waals surface area contributed by atoms with Gasteiger partial charge in [0.05, 0.1) is 11.6 Å². The predicted molar refractivity (Wildman–Crippen MR) is 88.6 cm³/mol. The van der Waals surface area contributed by atoms with Gasteiger partial charge < -0.3 is 4.90 Å². The molecule has 0 N–H and O–H groups in total. The third-order valence-corrected chi connectivity index (χ3v) is 4.58. The number of anilines is 1. The lowest BCUT2D eigenvalue weighted by molar-refractivity contribution is 0.435. The summed E-state index contributed by atoms with van der Waals surface area (Å²) in [5, 5.41) is 11.6. The molecule has 1 saturated heterocycles. The Balaban J connectivity index is 2.09. The van der Waals surface area contributed by atoms with E-state index in [1.54, 1.807) is 0 Å². The number of rotatable bonds is 3. The summed E-state index contributed by atoms with van der Waals surface area (Å²) in [5.41, 5.74) is 2.08. The van der Waals surface area contributed by atoms with E-state index in [9.17, 15) is 5.26 Å². The zero-order valence-electron chi connectivity index (χ0n) is 12.7. The van der Waals surface area contributed by atoms with Crippen molar-refractivity contribution in [3.63, 3.8) is 0 Å². The van der Waals surface area contributed by atoms with E-state index in [1.165, 1.54) is 43.2 Å². The van der Waals surface area contributed by atoms with Gasteiger partial charge in [0.15, 0.2) is 0 Å². The summed E-state index contributed by atoms with van der Waals surface area (Å²) in [4.78, 5) is 2.58. The van der Waals surface area contributed by atoms with Gasteiger partial charge in [-0.3, -0.25) is 0 Å². The van der Waals surface area contributed by atoms with Crippen LogP contribution in [0.1, 0.15) is 44.6 Å². The molecular formula is C19H22N2. The Hall–Kier alpha value is -2.01. The maximum atomic E-state index is 9.31. The Morgan fingerprint density at radius 2 is 1.95 bits per heavy atom. The number of benzene rings is 2. The van der Waals surface area contributed by atoms with Crippen LogP contribution >= 0.6 is 0 Å². The SMILES string of the molecule is CCCC1CCCCN1c1ccc(C#N)c2ccccc12. The van der Waals surface area contributed by atoms with Crippen molar-refractivity contribution < 1.29 is 0 Å². The number of nitrogens with zero attached hydrogens (tertiary/aromatic N) is 2. The zero-order chi connectivity index (χ0) is 14.7. The second kappa shape index (κ2) is 6.18. The summed E-state index contributed by atoms with van der Waals surface area (Å²) < 4.78 is 0. The monoisotopic (exact) mass is 278 g/mol. The van der Waals surface area contributed by atoms with Crippen molar-refractivity contribution in [3.05, 3.63) is 42.0 Å². The first-order valence-electron chi connectivity index (χ1n) is 8.03. The molecule has 1 unspecified atom stereocenters. The molecule has 2 nitrogen and oxygen atoms in total. The smallest absolute Gasteiger partial charge is 0.0998 e. The number of nitriles is 1. The van der Waals surface area contributed by atoms with Gasteiger partial charge in [0.25, 0.3) is 0 Å². The molecule has 1 aliphatic heterocycles. The largest absolute Gasteiger partial charge is 0.368 e.